The molecule has 1 aromatic heterocycles. The standard InChI is InChI=1S/C18H21FN2O2/c1-12-6-7-14(19)15(10-12)21(17(22)23-18(3,4)5)16-11-13(2)8-9-20-16/h6-11H,1-5H3. The molecular weight excluding hydrogens is 295 g/mol. The van der Waals surface area contributed by atoms with Gasteiger partial charge in [-0.15, -0.1) is 0 Å². The second kappa shape index (κ2) is 6.36. The number of rotatable bonds is 2. The fourth-order valence-electron chi connectivity index (χ4n) is 2.06. The van der Waals surface area contributed by atoms with Gasteiger partial charge in [-0.3, -0.25) is 0 Å². The van der Waals surface area contributed by atoms with Crippen LogP contribution in [0.4, 0.5) is 20.7 Å². The van der Waals surface area contributed by atoms with Crippen molar-refractivity contribution in [2.45, 2.75) is 40.2 Å². The molecule has 0 saturated carbocycles. The number of aromatic nitrogens is 1. The summed E-state index contributed by atoms with van der Waals surface area (Å²) in [4.78, 5) is 18.0. The molecule has 0 bridgehead atoms. The number of hydrogen-bond acceptors (Lipinski definition) is 3. The molecule has 0 unspecified atom stereocenters. The summed E-state index contributed by atoms with van der Waals surface area (Å²) in [5.74, 6) is -0.187. The van der Waals surface area contributed by atoms with Gasteiger partial charge in [0.1, 0.15) is 17.2 Å². The van der Waals surface area contributed by atoms with E-state index in [1.165, 1.54) is 11.0 Å². The van der Waals surface area contributed by atoms with Crippen LogP contribution >= 0.6 is 0 Å². The Kier molecular flexibility index (Phi) is 4.68. The minimum atomic E-state index is -0.695. The Morgan fingerprint density at radius 2 is 1.78 bits per heavy atom. The SMILES string of the molecule is Cc1ccnc(N(C(=O)OC(C)(C)C)c2cc(C)ccc2F)c1. The van der Waals surface area contributed by atoms with Gasteiger partial charge in [-0.05, 0) is 70.0 Å². The van der Waals surface area contributed by atoms with Crippen molar-refractivity contribution in [2.75, 3.05) is 4.90 Å². The Morgan fingerprint density at radius 3 is 2.39 bits per heavy atom. The van der Waals surface area contributed by atoms with E-state index in [9.17, 15) is 9.18 Å². The summed E-state index contributed by atoms with van der Waals surface area (Å²) in [6.45, 7) is 9.00. The van der Waals surface area contributed by atoms with Gasteiger partial charge >= 0.3 is 6.09 Å². The topological polar surface area (TPSA) is 42.4 Å². The minimum Gasteiger partial charge on any atom is -0.443 e. The van der Waals surface area contributed by atoms with Crippen LogP contribution in [-0.4, -0.2) is 16.7 Å². The molecule has 0 spiro atoms. The van der Waals surface area contributed by atoms with E-state index in [0.29, 0.717) is 5.82 Å². The lowest BCUT2D eigenvalue weighted by Gasteiger charge is -2.27. The van der Waals surface area contributed by atoms with E-state index in [2.05, 4.69) is 4.98 Å². The number of ether oxygens (including phenoxy) is 1. The van der Waals surface area contributed by atoms with E-state index in [1.807, 2.05) is 19.9 Å². The summed E-state index contributed by atoms with van der Waals surface area (Å²) in [5, 5.41) is 0. The fourth-order valence-corrected chi connectivity index (χ4v) is 2.06. The summed E-state index contributed by atoms with van der Waals surface area (Å²) in [6.07, 6.45) is 0.913. The predicted molar refractivity (Wildman–Crippen MR) is 88.5 cm³/mol. The first kappa shape index (κ1) is 16.9. The largest absolute Gasteiger partial charge is 0.443 e. The van der Waals surface area contributed by atoms with E-state index in [4.69, 9.17) is 4.74 Å². The lowest BCUT2D eigenvalue weighted by Crippen LogP contribution is -2.34. The van der Waals surface area contributed by atoms with Gasteiger partial charge in [-0.2, -0.15) is 0 Å². The van der Waals surface area contributed by atoms with Crippen molar-refractivity contribution in [3.63, 3.8) is 0 Å². The van der Waals surface area contributed by atoms with Crippen LogP contribution in [0.3, 0.4) is 0 Å². The van der Waals surface area contributed by atoms with Crippen molar-refractivity contribution >= 4 is 17.6 Å². The summed E-state index contributed by atoms with van der Waals surface area (Å²) in [6, 6.07) is 8.10. The zero-order chi connectivity index (χ0) is 17.2. The van der Waals surface area contributed by atoms with Crippen LogP contribution in [0.15, 0.2) is 36.5 Å². The van der Waals surface area contributed by atoms with E-state index >= 15 is 0 Å². The van der Waals surface area contributed by atoms with Crippen LogP contribution in [0.25, 0.3) is 0 Å². The first-order valence-corrected chi connectivity index (χ1v) is 7.39. The van der Waals surface area contributed by atoms with Crippen molar-refractivity contribution in [1.29, 1.82) is 0 Å². The third kappa shape index (κ3) is 4.28. The van der Waals surface area contributed by atoms with Crippen molar-refractivity contribution in [3.05, 3.63) is 53.5 Å². The number of halogens is 1. The number of anilines is 2. The molecular formula is C18H21FN2O2. The normalized spacial score (nSPS) is 11.2. The van der Waals surface area contributed by atoms with Gasteiger partial charge in [-0.1, -0.05) is 6.07 Å². The van der Waals surface area contributed by atoms with Gasteiger partial charge in [-0.25, -0.2) is 19.1 Å². The van der Waals surface area contributed by atoms with Crippen LogP contribution in [0.5, 0.6) is 0 Å². The summed E-state index contributed by atoms with van der Waals surface area (Å²) >= 11 is 0. The number of hydrogen-bond donors (Lipinski definition) is 0. The van der Waals surface area contributed by atoms with Gasteiger partial charge in [0, 0.05) is 6.20 Å². The first-order valence-electron chi connectivity index (χ1n) is 7.39. The number of nitrogens with zero attached hydrogens (tertiary/aromatic N) is 2. The molecule has 1 aromatic carbocycles. The summed E-state index contributed by atoms with van der Waals surface area (Å²) < 4.78 is 19.7. The Bertz CT molecular complexity index is 723. The van der Waals surface area contributed by atoms with Crippen LogP contribution in [-0.2, 0) is 4.74 Å². The molecule has 0 aliphatic heterocycles. The Morgan fingerprint density at radius 1 is 1.13 bits per heavy atom. The molecule has 5 heteroatoms. The van der Waals surface area contributed by atoms with Gasteiger partial charge < -0.3 is 4.74 Å². The number of benzene rings is 1. The maximum Gasteiger partial charge on any atom is 0.420 e. The van der Waals surface area contributed by atoms with Crippen LogP contribution < -0.4 is 4.90 Å². The molecule has 1 amide bonds. The number of amides is 1. The molecule has 0 saturated heterocycles. The minimum absolute atomic E-state index is 0.123. The highest BCUT2D eigenvalue weighted by Gasteiger charge is 2.27. The highest BCUT2D eigenvalue weighted by atomic mass is 19.1. The fraction of sp³-hybridized carbons (Fsp3) is 0.333. The van der Waals surface area contributed by atoms with Crippen LogP contribution in [0.2, 0.25) is 0 Å². The highest BCUT2D eigenvalue weighted by molar-refractivity contribution is 5.95. The molecule has 122 valence electrons. The van der Waals surface area contributed by atoms with E-state index in [0.717, 1.165) is 11.1 Å². The number of carbonyl (C=O) groups is 1. The molecule has 0 aliphatic rings. The Labute approximate surface area is 135 Å². The quantitative estimate of drug-likeness (QED) is 0.790. The summed E-state index contributed by atoms with van der Waals surface area (Å²) in [5.41, 5.74) is 1.18. The number of aryl methyl sites for hydroxylation is 2. The average molecular weight is 316 g/mol. The van der Waals surface area contributed by atoms with Crippen molar-refractivity contribution in [2.24, 2.45) is 0 Å². The smallest absolute Gasteiger partial charge is 0.420 e. The second-order valence-electron chi connectivity index (χ2n) is 6.46. The second-order valence-corrected chi connectivity index (χ2v) is 6.46. The number of pyridine rings is 1. The third-order valence-corrected chi connectivity index (χ3v) is 3.05. The average Bonchev–Trinajstić information content (AvgIpc) is 2.41. The van der Waals surface area contributed by atoms with E-state index in [1.54, 1.807) is 45.2 Å². The van der Waals surface area contributed by atoms with Gasteiger partial charge in [0.2, 0.25) is 0 Å². The molecule has 0 radical (unpaired) electrons. The van der Waals surface area contributed by atoms with Crippen molar-refractivity contribution in [3.8, 4) is 0 Å². The van der Waals surface area contributed by atoms with Gasteiger partial charge in [0.25, 0.3) is 0 Å². The molecule has 1 heterocycles. The molecule has 2 aromatic rings. The monoisotopic (exact) mass is 316 g/mol. The maximum absolute atomic E-state index is 14.3. The highest BCUT2D eigenvalue weighted by Crippen LogP contribution is 2.29. The lowest BCUT2D eigenvalue weighted by atomic mass is 10.2. The Balaban J connectivity index is 2.55. The van der Waals surface area contributed by atoms with Crippen molar-refractivity contribution < 1.29 is 13.9 Å². The van der Waals surface area contributed by atoms with Gasteiger partial charge in [0.15, 0.2) is 0 Å². The van der Waals surface area contributed by atoms with E-state index < -0.39 is 17.5 Å². The molecule has 0 atom stereocenters. The molecule has 4 nitrogen and oxygen atoms in total. The third-order valence-electron chi connectivity index (χ3n) is 3.05. The number of carbonyl (C=O) groups excluding carboxylic acids is 1. The molecule has 0 N–H and O–H groups in total. The molecule has 0 aliphatic carbocycles. The van der Waals surface area contributed by atoms with Crippen LogP contribution in [0, 0.1) is 19.7 Å². The molecule has 23 heavy (non-hydrogen) atoms. The maximum atomic E-state index is 14.3. The predicted octanol–water partition coefficient (Wildman–Crippen LogP) is 4.91. The van der Waals surface area contributed by atoms with Gasteiger partial charge in [0.05, 0.1) is 5.69 Å². The Hall–Kier alpha value is -2.43. The zero-order valence-corrected chi connectivity index (χ0v) is 14.1. The van der Waals surface area contributed by atoms with E-state index in [-0.39, 0.29) is 5.69 Å². The molecule has 2 rings (SSSR count). The summed E-state index contributed by atoms with van der Waals surface area (Å²) in [7, 11) is 0. The van der Waals surface area contributed by atoms with Crippen molar-refractivity contribution in [1.82, 2.24) is 4.98 Å². The first-order chi connectivity index (χ1) is 10.7. The molecule has 0 fully saturated rings. The zero-order valence-electron chi connectivity index (χ0n) is 14.1. The van der Waals surface area contributed by atoms with Crippen LogP contribution in [0.1, 0.15) is 31.9 Å². The lowest BCUT2D eigenvalue weighted by molar-refractivity contribution is 0.0597.